The lowest BCUT2D eigenvalue weighted by Gasteiger charge is -2.47. The van der Waals surface area contributed by atoms with E-state index in [2.05, 4.69) is 16.4 Å². The molecule has 1 aliphatic heterocycles. The number of likely N-dealkylation sites (tertiary alicyclic amines) is 1. The summed E-state index contributed by atoms with van der Waals surface area (Å²) in [6.07, 6.45) is 11.1. The van der Waals surface area contributed by atoms with Gasteiger partial charge in [0.2, 0.25) is 5.91 Å². The van der Waals surface area contributed by atoms with Crippen LogP contribution in [0.5, 0.6) is 0 Å². The first-order chi connectivity index (χ1) is 12.6. The Labute approximate surface area is 154 Å². The number of hydrogen-bond acceptors (Lipinski definition) is 3. The van der Waals surface area contributed by atoms with Gasteiger partial charge in [-0.3, -0.25) is 14.6 Å². The van der Waals surface area contributed by atoms with E-state index in [-0.39, 0.29) is 17.2 Å². The van der Waals surface area contributed by atoms with Crippen LogP contribution in [-0.4, -0.2) is 34.8 Å². The van der Waals surface area contributed by atoms with Crippen LogP contribution in [0.3, 0.4) is 0 Å². The predicted octanol–water partition coefficient (Wildman–Crippen LogP) is 3.21. The van der Waals surface area contributed by atoms with Gasteiger partial charge in [-0.15, -0.1) is 0 Å². The highest BCUT2D eigenvalue weighted by atomic mass is 16.2. The Hall–Kier alpha value is -2.17. The summed E-state index contributed by atoms with van der Waals surface area (Å²) in [4.78, 5) is 31.5. The summed E-state index contributed by atoms with van der Waals surface area (Å²) in [6.45, 7) is 3.32. The molecule has 2 heterocycles. The van der Waals surface area contributed by atoms with Crippen LogP contribution < -0.4 is 5.32 Å². The fraction of sp³-hybridized carbons (Fsp3) is 0.571. The van der Waals surface area contributed by atoms with Gasteiger partial charge in [-0.1, -0.05) is 6.08 Å². The van der Waals surface area contributed by atoms with E-state index in [0.29, 0.717) is 24.4 Å². The number of carbonyl (C=O) groups excluding carboxylic acids is 2. The molecule has 5 nitrogen and oxygen atoms in total. The number of piperidine rings is 1. The molecular formula is C21H27N3O2. The summed E-state index contributed by atoms with van der Waals surface area (Å²) >= 11 is 0. The highest BCUT2D eigenvalue weighted by Crippen LogP contribution is 2.47. The number of hydrogen-bond donors (Lipinski definition) is 1. The molecule has 1 saturated heterocycles. The third-order valence-electron chi connectivity index (χ3n) is 6.13. The number of amides is 2. The van der Waals surface area contributed by atoms with Crippen LogP contribution in [-0.2, 0) is 4.79 Å². The van der Waals surface area contributed by atoms with Crippen LogP contribution in [0.25, 0.3) is 0 Å². The maximum Gasteiger partial charge on any atom is 0.253 e. The summed E-state index contributed by atoms with van der Waals surface area (Å²) in [5, 5.41) is 3.15. The van der Waals surface area contributed by atoms with E-state index in [4.69, 9.17) is 0 Å². The number of nitrogens with zero attached hydrogens (tertiary/aromatic N) is 2. The van der Waals surface area contributed by atoms with Crippen molar-refractivity contribution in [3.05, 3.63) is 41.4 Å². The third-order valence-corrected chi connectivity index (χ3v) is 6.13. The number of aromatic nitrogens is 1. The zero-order valence-corrected chi connectivity index (χ0v) is 15.5. The van der Waals surface area contributed by atoms with Gasteiger partial charge in [-0.25, -0.2) is 0 Å². The molecule has 3 aliphatic rings. The molecule has 4 rings (SSSR count). The molecule has 0 radical (unpaired) electrons. The van der Waals surface area contributed by atoms with Crippen molar-refractivity contribution in [2.45, 2.75) is 51.9 Å². The van der Waals surface area contributed by atoms with Gasteiger partial charge >= 0.3 is 0 Å². The molecule has 0 bridgehead atoms. The maximum atomic E-state index is 12.7. The number of carbonyl (C=O) groups is 2. The largest absolute Gasteiger partial charge is 0.351 e. The highest BCUT2D eigenvalue weighted by molar-refractivity contribution is 5.95. The van der Waals surface area contributed by atoms with E-state index in [9.17, 15) is 9.59 Å². The summed E-state index contributed by atoms with van der Waals surface area (Å²) in [5.74, 6) is 0.862. The monoisotopic (exact) mass is 353 g/mol. The number of allylic oxidation sites excluding steroid dienone is 1. The topological polar surface area (TPSA) is 62.3 Å². The van der Waals surface area contributed by atoms with Crippen LogP contribution in [0.2, 0.25) is 0 Å². The average molecular weight is 353 g/mol. The van der Waals surface area contributed by atoms with E-state index in [0.717, 1.165) is 37.9 Å². The van der Waals surface area contributed by atoms with Gasteiger partial charge in [0, 0.05) is 42.5 Å². The normalized spacial score (nSPS) is 25.5. The molecule has 1 aromatic heterocycles. The molecule has 1 saturated carbocycles. The van der Waals surface area contributed by atoms with Gasteiger partial charge in [0.25, 0.3) is 5.91 Å². The molecule has 2 fully saturated rings. The van der Waals surface area contributed by atoms with Crippen molar-refractivity contribution >= 4 is 11.8 Å². The molecule has 0 spiro atoms. The number of pyridine rings is 1. The first kappa shape index (κ1) is 17.3. The maximum absolute atomic E-state index is 12.7. The van der Waals surface area contributed by atoms with Crippen molar-refractivity contribution in [3.8, 4) is 0 Å². The molecule has 1 atom stereocenters. The molecular weight excluding hydrogens is 326 g/mol. The number of aryl methyl sites for hydroxylation is 1. The summed E-state index contributed by atoms with van der Waals surface area (Å²) in [5.41, 5.74) is 2.46. The Morgan fingerprint density at radius 2 is 2.23 bits per heavy atom. The Bertz CT molecular complexity index is 753. The van der Waals surface area contributed by atoms with Crippen molar-refractivity contribution in [2.75, 3.05) is 13.1 Å². The third kappa shape index (κ3) is 3.27. The standard InChI is InChI=1S/C21H27N3O2/c1-15-17(5-4-12-22-15)20(26)23-14-21-10-3-2-6-18(21)24(13-16-7-8-16)19(25)9-11-21/h4-6,12,16H,2-3,7-11,13-14H2,1H3,(H,23,26)/t21-/m0/s1. The van der Waals surface area contributed by atoms with Crippen LogP contribution in [0.4, 0.5) is 0 Å². The molecule has 2 amide bonds. The molecule has 1 N–H and O–H groups in total. The Kier molecular flexibility index (Phi) is 4.55. The van der Waals surface area contributed by atoms with E-state index in [1.54, 1.807) is 12.3 Å². The fourth-order valence-corrected chi connectivity index (χ4v) is 4.38. The SMILES string of the molecule is Cc1ncccc1C(=O)NC[C@@]12CCCC=C1N(CC1CC1)C(=O)CC2. The summed E-state index contributed by atoms with van der Waals surface area (Å²) in [7, 11) is 0. The number of nitrogens with one attached hydrogen (secondary N) is 1. The molecule has 26 heavy (non-hydrogen) atoms. The smallest absolute Gasteiger partial charge is 0.253 e. The average Bonchev–Trinajstić information content (AvgIpc) is 3.47. The van der Waals surface area contributed by atoms with Gasteiger partial charge in [0.05, 0.1) is 5.56 Å². The summed E-state index contributed by atoms with van der Waals surface area (Å²) < 4.78 is 0. The second kappa shape index (κ2) is 6.86. The molecule has 0 unspecified atom stereocenters. The van der Waals surface area contributed by atoms with Gasteiger partial charge in [0.15, 0.2) is 0 Å². The second-order valence-corrected chi connectivity index (χ2v) is 8.03. The fourth-order valence-electron chi connectivity index (χ4n) is 4.38. The van der Waals surface area contributed by atoms with E-state index < -0.39 is 0 Å². The van der Waals surface area contributed by atoms with Gasteiger partial charge in [-0.05, 0) is 63.5 Å². The van der Waals surface area contributed by atoms with Crippen LogP contribution in [0.1, 0.15) is 61.0 Å². The van der Waals surface area contributed by atoms with Crippen molar-refractivity contribution in [1.29, 1.82) is 0 Å². The summed E-state index contributed by atoms with van der Waals surface area (Å²) in [6, 6.07) is 3.61. The lowest BCUT2D eigenvalue weighted by molar-refractivity contribution is -0.134. The van der Waals surface area contributed by atoms with E-state index in [1.807, 2.05) is 17.9 Å². The van der Waals surface area contributed by atoms with Crippen LogP contribution in [0, 0.1) is 18.3 Å². The van der Waals surface area contributed by atoms with Crippen molar-refractivity contribution in [2.24, 2.45) is 11.3 Å². The Morgan fingerprint density at radius 3 is 3.00 bits per heavy atom. The Morgan fingerprint density at radius 1 is 1.38 bits per heavy atom. The lowest BCUT2D eigenvalue weighted by Crippen LogP contribution is -2.51. The van der Waals surface area contributed by atoms with E-state index in [1.165, 1.54) is 18.5 Å². The zero-order valence-electron chi connectivity index (χ0n) is 15.5. The molecule has 138 valence electrons. The lowest BCUT2D eigenvalue weighted by atomic mass is 9.69. The van der Waals surface area contributed by atoms with E-state index >= 15 is 0 Å². The second-order valence-electron chi connectivity index (χ2n) is 8.03. The predicted molar refractivity (Wildman–Crippen MR) is 99.3 cm³/mol. The van der Waals surface area contributed by atoms with Gasteiger partial charge in [-0.2, -0.15) is 0 Å². The minimum atomic E-state index is -0.0905. The highest BCUT2D eigenvalue weighted by Gasteiger charge is 2.45. The van der Waals surface area contributed by atoms with Crippen LogP contribution in [0.15, 0.2) is 30.1 Å². The molecule has 2 aliphatic carbocycles. The van der Waals surface area contributed by atoms with Crippen molar-refractivity contribution in [3.63, 3.8) is 0 Å². The minimum Gasteiger partial charge on any atom is -0.351 e. The molecule has 0 aromatic carbocycles. The van der Waals surface area contributed by atoms with Gasteiger partial charge in [0.1, 0.15) is 0 Å². The first-order valence-corrected chi connectivity index (χ1v) is 9.80. The van der Waals surface area contributed by atoms with Gasteiger partial charge < -0.3 is 10.2 Å². The number of rotatable bonds is 5. The van der Waals surface area contributed by atoms with Crippen LogP contribution >= 0.6 is 0 Å². The molecule has 5 heteroatoms. The molecule has 1 aromatic rings. The minimum absolute atomic E-state index is 0.0689. The number of fused-ring (bicyclic) bond motifs is 1. The van der Waals surface area contributed by atoms with Crippen molar-refractivity contribution < 1.29 is 9.59 Å². The quantitative estimate of drug-likeness (QED) is 0.884. The zero-order chi connectivity index (χ0) is 18.1. The Balaban J connectivity index is 1.52. The first-order valence-electron chi connectivity index (χ1n) is 9.80. The van der Waals surface area contributed by atoms with Crippen molar-refractivity contribution in [1.82, 2.24) is 15.2 Å².